The standard InChI is InChI=1S/C12H14N2O4S/c1-18-12(15)9-2-3-11(14(16)17)10(4-9)13-5-8-6-19-7-8/h2-4,8,13H,5-7H2,1H3. The molecule has 0 saturated carbocycles. The lowest BCUT2D eigenvalue weighted by atomic mass is 10.1. The molecule has 0 atom stereocenters. The molecule has 1 aromatic rings. The number of carbonyl (C=O) groups is 1. The molecule has 0 radical (unpaired) electrons. The van der Waals surface area contributed by atoms with Gasteiger partial charge < -0.3 is 10.1 Å². The Labute approximate surface area is 114 Å². The third-order valence-corrected chi connectivity index (χ3v) is 4.32. The van der Waals surface area contributed by atoms with Crippen LogP contribution in [0.1, 0.15) is 10.4 Å². The number of anilines is 1. The number of carbonyl (C=O) groups excluding carboxylic acids is 1. The maximum Gasteiger partial charge on any atom is 0.337 e. The molecule has 0 aliphatic carbocycles. The van der Waals surface area contributed by atoms with Gasteiger partial charge in [0.1, 0.15) is 5.69 Å². The highest BCUT2D eigenvalue weighted by molar-refractivity contribution is 8.00. The number of nitrogens with zero attached hydrogens (tertiary/aromatic N) is 1. The van der Waals surface area contributed by atoms with E-state index in [9.17, 15) is 14.9 Å². The number of methoxy groups -OCH3 is 1. The number of nitro benzene ring substituents is 1. The largest absolute Gasteiger partial charge is 0.465 e. The van der Waals surface area contributed by atoms with Crippen molar-refractivity contribution in [1.29, 1.82) is 0 Å². The number of hydrogen-bond donors (Lipinski definition) is 1. The van der Waals surface area contributed by atoms with Gasteiger partial charge >= 0.3 is 5.97 Å². The zero-order valence-electron chi connectivity index (χ0n) is 10.4. The summed E-state index contributed by atoms with van der Waals surface area (Å²) in [7, 11) is 1.28. The first-order valence-corrected chi connectivity index (χ1v) is 6.95. The molecule has 19 heavy (non-hydrogen) atoms. The van der Waals surface area contributed by atoms with Crippen molar-refractivity contribution in [2.45, 2.75) is 0 Å². The molecule has 0 unspecified atom stereocenters. The molecule has 0 spiro atoms. The van der Waals surface area contributed by atoms with Gasteiger partial charge in [-0.2, -0.15) is 11.8 Å². The highest BCUT2D eigenvalue weighted by Gasteiger charge is 2.21. The fraction of sp³-hybridized carbons (Fsp3) is 0.417. The Balaban J connectivity index is 2.19. The first-order chi connectivity index (χ1) is 9.11. The van der Waals surface area contributed by atoms with Crippen LogP contribution in [0.25, 0.3) is 0 Å². The summed E-state index contributed by atoms with van der Waals surface area (Å²) in [5.41, 5.74) is 0.642. The predicted octanol–water partition coefficient (Wildman–Crippen LogP) is 2.16. The van der Waals surface area contributed by atoms with Crippen LogP contribution in [0.15, 0.2) is 18.2 Å². The van der Waals surface area contributed by atoms with Crippen molar-refractivity contribution >= 4 is 29.1 Å². The maximum atomic E-state index is 11.4. The summed E-state index contributed by atoms with van der Waals surface area (Å²) in [6.45, 7) is 0.679. The predicted molar refractivity (Wildman–Crippen MR) is 73.7 cm³/mol. The smallest absolute Gasteiger partial charge is 0.337 e. The van der Waals surface area contributed by atoms with Crippen molar-refractivity contribution in [3.8, 4) is 0 Å². The lowest BCUT2D eigenvalue weighted by Crippen LogP contribution is -2.26. The van der Waals surface area contributed by atoms with E-state index in [0.717, 1.165) is 11.5 Å². The molecule has 6 nitrogen and oxygen atoms in total. The Hall–Kier alpha value is -1.76. The number of esters is 1. The van der Waals surface area contributed by atoms with E-state index in [2.05, 4.69) is 10.1 Å². The second-order valence-corrected chi connectivity index (χ2v) is 5.34. The summed E-state index contributed by atoms with van der Waals surface area (Å²) in [6.07, 6.45) is 0. The van der Waals surface area contributed by atoms with Gasteiger partial charge in [-0.05, 0) is 29.6 Å². The molecule has 7 heteroatoms. The first kappa shape index (κ1) is 13.7. The highest BCUT2D eigenvalue weighted by atomic mass is 32.2. The van der Waals surface area contributed by atoms with Crippen LogP contribution in [-0.2, 0) is 4.74 Å². The third kappa shape index (κ3) is 3.17. The van der Waals surface area contributed by atoms with Gasteiger partial charge in [-0.3, -0.25) is 10.1 Å². The van der Waals surface area contributed by atoms with Crippen LogP contribution in [0.5, 0.6) is 0 Å². The van der Waals surface area contributed by atoms with Crippen LogP contribution in [0.4, 0.5) is 11.4 Å². The molecule has 1 saturated heterocycles. The summed E-state index contributed by atoms with van der Waals surface area (Å²) in [6, 6.07) is 4.19. The minimum absolute atomic E-state index is 0.0281. The molecule has 1 fully saturated rings. The van der Waals surface area contributed by atoms with E-state index < -0.39 is 10.9 Å². The third-order valence-electron chi connectivity index (χ3n) is 2.90. The summed E-state index contributed by atoms with van der Waals surface area (Å²) in [5, 5.41) is 14.0. The number of nitrogens with one attached hydrogen (secondary N) is 1. The van der Waals surface area contributed by atoms with Crippen LogP contribution in [0.3, 0.4) is 0 Å². The van der Waals surface area contributed by atoms with Crippen molar-refractivity contribution in [2.24, 2.45) is 5.92 Å². The number of ether oxygens (including phenoxy) is 1. The molecule has 0 aromatic heterocycles. The van der Waals surface area contributed by atoms with Crippen molar-refractivity contribution in [3.05, 3.63) is 33.9 Å². The molecular formula is C12H14N2O4S. The number of rotatable bonds is 5. The average molecular weight is 282 g/mol. The fourth-order valence-electron chi connectivity index (χ4n) is 1.74. The number of thioether (sulfide) groups is 1. The molecule has 1 aromatic carbocycles. The second-order valence-electron chi connectivity index (χ2n) is 4.27. The Kier molecular flexibility index (Phi) is 4.26. The quantitative estimate of drug-likeness (QED) is 0.506. The van der Waals surface area contributed by atoms with E-state index in [1.165, 1.54) is 25.3 Å². The molecule has 1 aliphatic rings. The van der Waals surface area contributed by atoms with E-state index in [1.54, 1.807) is 0 Å². The monoisotopic (exact) mass is 282 g/mol. The van der Waals surface area contributed by atoms with Gasteiger partial charge in [0.25, 0.3) is 5.69 Å². The van der Waals surface area contributed by atoms with E-state index in [0.29, 0.717) is 23.7 Å². The summed E-state index contributed by atoms with van der Waals surface area (Å²) in [4.78, 5) is 21.9. The second kappa shape index (κ2) is 5.92. The Morgan fingerprint density at radius 1 is 1.58 bits per heavy atom. The summed E-state index contributed by atoms with van der Waals surface area (Å²) >= 11 is 1.85. The van der Waals surface area contributed by atoms with Crippen molar-refractivity contribution in [1.82, 2.24) is 0 Å². The van der Waals surface area contributed by atoms with Crippen LogP contribution < -0.4 is 5.32 Å². The van der Waals surface area contributed by atoms with Crippen LogP contribution in [0.2, 0.25) is 0 Å². The molecule has 2 rings (SSSR count). The van der Waals surface area contributed by atoms with E-state index in [-0.39, 0.29) is 5.69 Å². The lowest BCUT2D eigenvalue weighted by Gasteiger charge is -2.25. The van der Waals surface area contributed by atoms with Gasteiger partial charge in [0.2, 0.25) is 0 Å². The van der Waals surface area contributed by atoms with Gasteiger partial charge in [0, 0.05) is 12.6 Å². The average Bonchev–Trinajstić information content (AvgIpc) is 2.35. The number of benzene rings is 1. The van der Waals surface area contributed by atoms with Crippen LogP contribution in [-0.4, -0.2) is 36.1 Å². The molecule has 0 amide bonds. The first-order valence-electron chi connectivity index (χ1n) is 5.80. The number of hydrogen-bond acceptors (Lipinski definition) is 6. The van der Waals surface area contributed by atoms with Gasteiger partial charge in [-0.1, -0.05) is 0 Å². The topological polar surface area (TPSA) is 81.5 Å². The number of nitro groups is 1. The zero-order valence-corrected chi connectivity index (χ0v) is 11.2. The Morgan fingerprint density at radius 2 is 2.32 bits per heavy atom. The SMILES string of the molecule is COC(=O)c1ccc([N+](=O)[O-])c(NCC2CSC2)c1. The van der Waals surface area contributed by atoms with E-state index in [1.807, 2.05) is 11.8 Å². The highest BCUT2D eigenvalue weighted by Crippen LogP contribution is 2.29. The fourth-order valence-corrected chi connectivity index (χ4v) is 2.54. The van der Waals surface area contributed by atoms with E-state index in [4.69, 9.17) is 0 Å². The van der Waals surface area contributed by atoms with Gasteiger partial charge in [-0.15, -0.1) is 0 Å². The lowest BCUT2D eigenvalue weighted by molar-refractivity contribution is -0.384. The minimum atomic E-state index is -0.503. The van der Waals surface area contributed by atoms with Gasteiger partial charge in [0.05, 0.1) is 17.6 Å². The zero-order chi connectivity index (χ0) is 13.8. The minimum Gasteiger partial charge on any atom is -0.465 e. The van der Waals surface area contributed by atoms with Crippen molar-refractivity contribution in [3.63, 3.8) is 0 Å². The molecule has 1 aliphatic heterocycles. The molecule has 0 bridgehead atoms. The Morgan fingerprint density at radius 3 is 2.84 bits per heavy atom. The van der Waals surface area contributed by atoms with Gasteiger partial charge in [-0.25, -0.2) is 4.79 Å². The van der Waals surface area contributed by atoms with Crippen molar-refractivity contribution in [2.75, 3.05) is 30.5 Å². The van der Waals surface area contributed by atoms with Crippen LogP contribution >= 0.6 is 11.8 Å². The Bertz CT molecular complexity index is 503. The molecule has 1 N–H and O–H groups in total. The molecule has 1 heterocycles. The van der Waals surface area contributed by atoms with Crippen molar-refractivity contribution < 1.29 is 14.5 Å². The summed E-state index contributed by atoms with van der Waals surface area (Å²) in [5.74, 6) is 2.16. The molecule has 102 valence electrons. The molecular weight excluding hydrogens is 268 g/mol. The summed E-state index contributed by atoms with van der Waals surface area (Å²) < 4.78 is 4.61. The van der Waals surface area contributed by atoms with Gasteiger partial charge in [0.15, 0.2) is 0 Å². The normalized spacial score (nSPS) is 14.6. The van der Waals surface area contributed by atoms with E-state index >= 15 is 0 Å². The maximum absolute atomic E-state index is 11.4. The van der Waals surface area contributed by atoms with Crippen LogP contribution in [0, 0.1) is 16.0 Å².